The molecule has 0 saturated carbocycles. The summed E-state index contributed by atoms with van der Waals surface area (Å²) < 4.78 is 63.4. The van der Waals surface area contributed by atoms with Gasteiger partial charge in [0.15, 0.2) is 0 Å². The van der Waals surface area contributed by atoms with Crippen LogP contribution in [0.5, 0.6) is 0 Å². The summed E-state index contributed by atoms with van der Waals surface area (Å²) >= 11 is 0. The molecule has 0 aromatic heterocycles. The molecule has 0 saturated heterocycles. The second-order valence-corrected chi connectivity index (χ2v) is 10.4. The molecule has 206 valence electrons. The zero-order chi connectivity index (χ0) is 25.4. The Balaban J connectivity index is 3.25. The minimum absolute atomic E-state index is 0.0492. The highest BCUT2D eigenvalue weighted by molar-refractivity contribution is 7.51. The molecule has 0 fully saturated rings. The standard InChI is InChI=1S/C19H43NO12P2/c1-33(21,22)30-18-16-28-14-12-26-10-8-25-9-11-27-13-15-29-17-19-32-34(23,24)31-7-5-3-2-4-6-20/h2-20H2,1H3,(H,21,22)(H,23,24). The van der Waals surface area contributed by atoms with Gasteiger partial charge in [-0.05, 0) is 19.4 Å². The monoisotopic (exact) mass is 539 g/mol. The summed E-state index contributed by atoms with van der Waals surface area (Å²) in [5.74, 6) is 0. The van der Waals surface area contributed by atoms with Crippen LogP contribution in [0.3, 0.4) is 0 Å². The number of hydrogen-bond acceptors (Lipinski definition) is 11. The van der Waals surface area contributed by atoms with E-state index >= 15 is 0 Å². The normalized spacial score (nSPS) is 15.3. The van der Waals surface area contributed by atoms with E-state index < -0.39 is 15.4 Å². The van der Waals surface area contributed by atoms with Crippen molar-refractivity contribution in [2.24, 2.45) is 5.73 Å². The summed E-state index contributed by atoms with van der Waals surface area (Å²) in [6.07, 6.45) is 3.48. The van der Waals surface area contributed by atoms with Gasteiger partial charge in [0.25, 0.3) is 0 Å². The second-order valence-electron chi connectivity index (χ2n) is 7.04. The fourth-order valence-corrected chi connectivity index (χ4v) is 3.43. The SMILES string of the molecule is CP(=O)(O)OCCOCCOCCOCCOCCOCCOP(=O)(O)OCCCCCCN. The highest BCUT2D eigenvalue weighted by Gasteiger charge is 2.20. The molecule has 0 aliphatic carbocycles. The molecule has 2 unspecified atom stereocenters. The molecule has 13 nitrogen and oxygen atoms in total. The van der Waals surface area contributed by atoms with Crippen molar-refractivity contribution in [2.75, 3.05) is 99.1 Å². The first-order valence-corrected chi connectivity index (χ1v) is 14.9. The Kier molecular flexibility index (Phi) is 23.4. The number of unbranched alkanes of at least 4 members (excludes halogenated alkanes) is 3. The molecule has 0 radical (unpaired) electrons. The molecule has 0 rings (SSSR count). The Bertz CT molecular complexity index is 537. The van der Waals surface area contributed by atoms with Crippen molar-refractivity contribution < 1.29 is 56.2 Å². The molecule has 0 aromatic carbocycles. The fraction of sp³-hybridized carbons (Fsp3) is 1.00. The van der Waals surface area contributed by atoms with Crippen molar-refractivity contribution >= 4 is 15.4 Å². The topological polar surface area (TPSA) is 174 Å². The maximum absolute atomic E-state index is 11.7. The van der Waals surface area contributed by atoms with Gasteiger partial charge in [0.05, 0.1) is 85.9 Å². The number of hydrogen-bond donors (Lipinski definition) is 3. The molecule has 0 aromatic rings. The van der Waals surface area contributed by atoms with E-state index in [1.165, 1.54) is 0 Å². The number of phosphoric acid groups is 1. The molecular formula is C19H43NO12P2. The number of nitrogens with two attached hydrogens (primary N) is 1. The summed E-state index contributed by atoms with van der Waals surface area (Å²) in [6.45, 7) is 5.39. The van der Waals surface area contributed by atoms with Crippen molar-refractivity contribution in [1.29, 1.82) is 0 Å². The van der Waals surface area contributed by atoms with Crippen molar-refractivity contribution in [2.45, 2.75) is 25.7 Å². The lowest BCUT2D eigenvalue weighted by Crippen LogP contribution is -2.14. The van der Waals surface area contributed by atoms with Crippen LogP contribution in [0.1, 0.15) is 25.7 Å². The first-order chi connectivity index (χ1) is 16.3. The first-order valence-electron chi connectivity index (χ1n) is 11.4. The lowest BCUT2D eigenvalue weighted by atomic mass is 10.2. The third-order valence-electron chi connectivity index (χ3n) is 3.88. The maximum Gasteiger partial charge on any atom is 0.472 e. The molecule has 0 spiro atoms. The predicted octanol–water partition coefficient (Wildman–Crippen LogP) is 1.55. The zero-order valence-corrected chi connectivity index (χ0v) is 22.0. The smallest absolute Gasteiger partial charge is 0.377 e. The van der Waals surface area contributed by atoms with Gasteiger partial charge in [0, 0.05) is 6.66 Å². The Morgan fingerprint density at radius 2 is 0.882 bits per heavy atom. The van der Waals surface area contributed by atoms with Gasteiger partial charge in [-0.25, -0.2) is 4.57 Å². The van der Waals surface area contributed by atoms with Gasteiger partial charge in [-0.3, -0.25) is 13.6 Å². The lowest BCUT2D eigenvalue weighted by Gasteiger charge is -2.12. The number of ether oxygens (including phenoxy) is 5. The van der Waals surface area contributed by atoms with Crippen LogP contribution in [0.25, 0.3) is 0 Å². The van der Waals surface area contributed by atoms with Crippen LogP contribution in [0.4, 0.5) is 0 Å². The van der Waals surface area contributed by atoms with Gasteiger partial charge < -0.3 is 43.7 Å². The van der Waals surface area contributed by atoms with Crippen LogP contribution in [-0.4, -0.2) is 109 Å². The van der Waals surface area contributed by atoms with Gasteiger partial charge in [-0.2, -0.15) is 0 Å². The summed E-state index contributed by atoms with van der Waals surface area (Å²) in [5, 5.41) is 0. The third-order valence-corrected chi connectivity index (χ3v) is 5.56. The van der Waals surface area contributed by atoms with Crippen LogP contribution in [0.2, 0.25) is 0 Å². The fourth-order valence-electron chi connectivity index (χ4n) is 2.28. The Morgan fingerprint density at radius 3 is 1.29 bits per heavy atom. The Morgan fingerprint density at radius 1 is 0.529 bits per heavy atom. The van der Waals surface area contributed by atoms with Crippen LogP contribution in [0.15, 0.2) is 0 Å². The van der Waals surface area contributed by atoms with E-state index in [9.17, 15) is 14.0 Å². The van der Waals surface area contributed by atoms with E-state index in [1.54, 1.807) is 0 Å². The van der Waals surface area contributed by atoms with E-state index in [0.29, 0.717) is 65.8 Å². The molecule has 0 aliphatic heterocycles. The summed E-state index contributed by atoms with van der Waals surface area (Å²) in [7, 11) is -7.48. The number of phosphoric ester groups is 1. The minimum atomic E-state index is -4.04. The van der Waals surface area contributed by atoms with Crippen molar-refractivity contribution in [1.82, 2.24) is 0 Å². The predicted molar refractivity (Wildman–Crippen MR) is 125 cm³/mol. The van der Waals surface area contributed by atoms with Gasteiger partial charge in [0.1, 0.15) is 0 Å². The largest absolute Gasteiger partial charge is 0.472 e. The average Bonchev–Trinajstić information content (AvgIpc) is 2.77. The van der Waals surface area contributed by atoms with Crippen molar-refractivity contribution in [3.8, 4) is 0 Å². The zero-order valence-electron chi connectivity index (χ0n) is 20.2. The maximum atomic E-state index is 11.7. The highest BCUT2D eigenvalue weighted by atomic mass is 31.2. The van der Waals surface area contributed by atoms with Crippen molar-refractivity contribution in [3.63, 3.8) is 0 Å². The minimum Gasteiger partial charge on any atom is -0.377 e. The molecule has 0 bridgehead atoms. The highest BCUT2D eigenvalue weighted by Crippen LogP contribution is 2.43. The van der Waals surface area contributed by atoms with Crippen molar-refractivity contribution in [3.05, 3.63) is 0 Å². The van der Waals surface area contributed by atoms with Crippen LogP contribution in [-0.2, 0) is 46.4 Å². The Labute approximate surface area is 202 Å². The van der Waals surface area contributed by atoms with Gasteiger partial charge in [-0.1, -0.05) is 12.8 Å². The van der Waals surface area contributed by atoms with Crippen LogP contribution in [0, 0.1) is 0 Å². The molecule has 0 heterocycles. The Hall–Kier alpha value is 0.0200. The molecule has 0 aliphatic rings. The molecule has 4 N–H and O–H groups in total. The molecule has 15 heteroatoms. The van der Waals surface area contributed by atoms with Gasteiger partial charge >= 0.3 is 15.4 Å². The summed E-state index contributed by atoms with van der Waals surface area (Å²) in [5.41, 5.74) is 5.40. The second kappa shape index (κ2) is 23.4. The van der Waals surface area contributed by atoms with E-state index in [-0.39, 0.29) is 33.0 Å². The first kappa shape index (κ1) is 34.0. The lowest BCUT2D eigenvalue weighted by molar-refractivity contribution is -0.0150. The van der Waals surface area contributed by atoms with Gasteiger partial charge in [0.2, 0.25) is 0 Å². The quantitative estimate of drug-likeness (QED) is 0.101. The van der Waals surface area contributed by atoms with E-state index in [0.717, 1.165) is 25.9 Å². The van der Waals surface area contributed by atoms with E-state index in [4.69, 9.17) is 43.4 Å². The third kappa shape index (κ3) is 28.3. The molecule has 2 atom stereocenters. The number of rotatable bonds is 27. The molecular weight excluding hydrogens is 496 g/mol. The van der Waals surface area contributed by atoms with Crippen LogP contribution >= 0.6 is 15.4 Å². The van der Waals surface area contributed by atoms with Gasteiger partial charge in [-0.15, -0.1) is 0 Å². The summed E-state index contributed by atoms with van der Waals surface area (Å²) in [4.78, 5) is 18.5. The average molecular weight is 539 g/mol. The molecule has 34 heavy (non-hydrogen) atoms. The summed E-state index contributed by atoms with van der Waals surface area (Å²) in [6, 6.07) is 0. The van der Waals surface area contributed by atoms with E-state index in [2.05, 4.69) is 4.52 Å². The van der Waals surface area contributed by atoms with E-state index in [1.807, 2.05) is 0 Å². The molecule has 0 amide bonds. The van der Waals surface area contributed by atoms with Crippen LogP contribution < -0.4 is 5.73 Å².